The molecule has 2 aromatic rings. The second-order valence-electron chi connectivity index (χ2n) is 6.56. The van der Waals surface area contributed by atoms with Crippen LogP contribution in [0.15, 0.2) is 36.5 Å². The minimum absolute atomic E-state index is 0.00400. The van der Waals surface area contributed by atoms with Crippen molar-refractivity contribution < 1.29 is 4.79 Å². The highest BCUT2D eigenvalue weighted by Gasteiger charge is 2.31. The molecule has 1 fully saturated rings. The summed E-state index contributed by atoms with van der Waals surface area (Å²) in [5.74, 6) is 0.379. The Morgan fingerprint density at radius 1 is 1.30 bits per heavy atom. The summed E-state index contributed by atoms with van der Waals surface area (Å²) in [6.45, 7) is 4.90. The Morgan fingerprint density at radius 2 is 2.17 bits per heavy atom. The fourth-order valence-electron chi connectivity index (χ4n) is 3.67. The molecule has 4 rings (SSSR count). The number of nitrogens with one attached hydrogen (secondary N) is 1. The van der Waals surface area contributed by atoms with E-state index in [1.54, 1.807) is 0 Å². The molecule has 1 aromatic carbocycles. The maximum absolute atomic E-state index is 12.9. The minimum atomic E-state index is 0.00400. The number of hydrogen-bond donors (Lipinski definition) is 1. The zero-order valence-corrected chi connectivity index (χ0v) is 13.4. The van der Waals surface area contributed by atoms with Crippen molar-refractivity contribution in [2.75, 3.05) is 24.5 Å². The monoisotopic (exact) mass is 310 g/mol. The van der Waals surface area contributed by atoms with E-state index in [0.29, 0.717) is 17.7 Å². The standard InChI is InChI=1S/C18H22N4O/c1-13-12-21(17-7-3-2-6-15(13)17)18(23)16-8-10-22(20-16)14-5-4-9-19-11-14/h2-3,6-8,10,13-14,19H,4-5,9,11-12H2,1H3/t13-,14+/m1/s1. The van der Waals surface area contributed by atoms with E-state index in [1.165, 1.54) is 5.56 Å². The van der Waals surface area contributed by atoms with Crippen molar-refractivity contribution >= 4 is 11.6 Å². The SMILES string of the molecule is C[C@@H]1CN(C(=O)c2ccn([C@H]3CCCNC3)n2)c2ccccc21. The Morgan fingerprint density at radius 3 is 3.00 bits per heavy atom. The average molecular weight is 310 g/mol. The highest BCUT2D eigenvalue weighted by atomic mass is 16.2. The number of aromatic nitrogens is 2. The highest BCUT2D eigenvalue weighted by molar-refractivity contribution is 6.06. The fourth-order valence-corrected chi connectivity index (χ4v) is 3.67. The molecule has 3 heterocycles. The van der Waals surface area contributed by atoms with Crippen molar-refractivity contribution in [1.29, 1.82) is 0 Å². The third-order valence-electron chi connectivity index (χ3n) is 4.93. The molecular formula is C18H22N4O. The van der Waals surface area contributed by atoms with Gasteiger partial charge in [-0.25, -0.2) is 0 Å². The first-order valence-corrected chi connectivity index (χ1v) is 8.40. The molecule has 1 aromatic heterocycles. The van der Waals surface area contributed by atoms with Crippen LogP contribution in [0.4, 0.5) is 5.69 Å². The van der Waals surface area contributed by atoms with Crippen molar-refractivity contribution in [3.8, 4) is 0 Å². The molecular weight excluding hydrogens is 288 g/mol. The Kier molecular flexibility index (Phi) is 3.65. The number of amides is 1. The van der Waals surface area contributed by atoms with Gasteiger partial charge in [0.2, 0.25) is 0 Å². The van der Waals surface area contributed by atoms with Gasteiger partial charge in [-0.2, -0.15) is 5.10 Å². The summed E-state index contributed by atoms with van der Waals surface area (Å²) >= 11 is 0. The first-order chi connectivity index (χ1) is 11.2. The number of fused-ring (bicyclic) bond motifs is 1. The molecule has 23 heavy (non-hydrogen) atoms. The van der Waals surface area contributed by atoms with E-state index in [4.69, 9.17) is 0 Å². The molecule has 1 N–H and O–H groups in total. The van der Waals surface area contributed by atoms with E-state index in [0.717, 1.165) is 38.2 Å². The van der Waals surface area contributed by atoms with Gasteiger partial charge in [-0.3, -0.25) is 9.48 Å². The second kappa shape index (κ2) is 5.81. The summed E-state index contributed by atoms with van der Waals surface area (Å²) in [6, 6.07) is 10.4. The van der Waals surface area contributed by atoms with Crippen LogP contribution in [0.1, 0.15) is 47.8 Å². The van der Waals surface area contributed by atoms with Crippen molar-refractivity contribution in [3.05, 3.63) is 47.8 Å². The van der Waals surface area contributed by atoms with Crippen LogP contribution in [0.2, 0.25) is 0 Å². The largest absolute Gasteiger partial charge is 0.315 e. The summed E-state index contributed by atoms with van der Waals surface area (Å²) in [6.07, 6.45) is 4.22. The number of rotatable bonds is 2. The normalized spacial score (nSPS) is 23.8. The quantitative estimate of drug-likeness (QED) is 0.927. The van der Waals surface area contributed by atoms with E-state index in [2.05, 4.69) is 23.4 Å². The molecule has 1 amide bonds. The number of nitrogens with zero attached hydrogens (tertiary/aromatic N) is 3. The number of anilines is 1. The number of carbonyl (C=O) groups is 1. The van der Waals surface area contributed by atoms with E-state index >= 15 is 0 Å². The Labute approximate surface area is 136 Å². The lowest BCUT2D eigenvalue weighted by Gasteiger charge is -2.23. The number of piperidine rings is 1. The molecule has 2 aliphatic heterocycles. The number of hydrogen-bond acceptors (Lipinski definition) is 3. The lowest BCUT2D eigenvalue weighted by atomic mass is 10.0. The topological polar surface area (TPSA) is 50.2 Å². The van der Waals surface area contributed by atoms with Crippen LogP contribution in [0, 0.1) is 0 Å². The first kappa shape index (κ1) is 14.5. The maximum Gasteiger partial charge on any atom is 0.278 e. The van der Waals surface area contributed by atoms with Crippen molar-refractivity contribution in [1.82, 2.24) is 15.1 Å². The van der Waals surface area contributed by atoms with Crippen LogP contribution in [-0.4, -0.2) is 35.3 Å². The van der Waals surface area contributed by atoms with Crippen LogP contribution in [0.25, 0.3) is 0 Å². The summed E-state index contributed by atoms with van der Waals surface area (Å²) in [5, 5.41) is 7.95. The third-order valence-corrected chi connectivity index (χ3v) is 4.93. The molecule has 120 valence electrons. The summed E-state index contributed by atoms with van der Waals surface area (Å²) in [4.78, 5) is 14.8. The third kappa shape index (κ3) is 2.55. The van der Waals surface area contributed by atoms with Crippen LogP contribution in [0.5, 0.6) is 0 Å². The van der Waals surface area contributed by atoms with E-state index in [-0.39, 0.29) is 5.91 Å². The van der Waals surface area contributed by atoms with E-state index in [9.17, 15) is 4.79 Å². The highest BCUT2D eigenvalue weighted by Crippen LogP contribution is 2.36. The van der Waals surface area contributed by atoms with Crippen LogP contribution in [-0.2, 0) is 0 Å². The van der Waals surface area contributed by atoms with Gasteiger partial charge in [0.25, 0.3) is 5.91 Å². The molecule has 0 bridgehead atoms. The van der Waals surface area contributed by atoms with Crippen LogP contribution >= 0.6 is 0 Å². The Bertz CT molecular complexity index is 717. The molecule has 0 saturated carbocycles. The van der Waals surface area contributed by atoms with Gasteiger partial charge < -0.3 is 10.2 Å². The van der Waals surface area contributed by atoms with Crippen LogP contribution < -0.4 is 10.2 Å². The van der Waals surface area contributed by atoms with Gasteiger partial charge in [0.05, 0.1) is 6.04 Å². The zero-order chi connectivity index (χ0) is 15.8. The summed E-state index contributed by atoms with van der Waals surface area (Å²) < 4.78 is 1.95. The van der Waals surface area contributed by atoms with Gasteiger partial charge in [-0.15, -0.1) is 0 Å². The van der Waals surface area contributed by atoms with Gasteiger partial charge in [0.1, 0.15) is 0 Å². The lowest BCUT2D eigenvalue weighted by molar-refractivity contribution is 0.0982. The average Bonchev–Trinajstić information content (AvgIpc) is 3.21. The molecule has 2 aliphatic rings. The maximum atomic E-state index is 12.9. The minimum Gasteiger partial charge on any atom is -0.315 e. The predicted molar refractivity (Wildman–Crippen MR) is 89.9 cm³/mol. The second-order valence-corrected chi connectivity index (χ2v) is 6.56. The number of carbonyl (C=O) groups excluding carboxylic acids is 1. The first-order valence-electron chi connectivity index (χ1n) is 8.40. The van der Waals surface area contributed by atoms with Gasteiger partial charge >= 0.3 is 0 Å². The Hall–Kier alpha value is -2.14. The summed E-state index contributed by atoms with van der Waals surface area (Å²) in [7, 11) is 0. The molecule has 0 aliphatic carbocycles. The molecule has 5 heteroatoms. The fraction of sp³-hybridized carbons (Fsp3) is 0.444. The van der Waals surface area contributed by atoms with Gasteiger partial charge in [0.15, 0.2) is 5.69 Å². The van der Waals surface area contributed by atoms with Crippen molar-refractivity contribution in [2.45, 2.75) is 31.7 Å². The van der Waals surface area contributed by atoms with Gasteiger partial charge in [-0.1, -0.05) is 25.1 Å². The summed E-state index contributed by atoms with van der Waals surface area (Å²) in [5.41, 5.74) is 2.81. The molecule has 0 radical (unpaired) electrons. The van der Waals surface area contributed by atoms with Crippen molar-refractivity contribution in [3.63, 3.8) is 0 Å². The smallest absolute Gasteiger partial charge is 0.278 e. The van der Waals surface area contributed by atoms with Crippen molar-refractivity contribution in [2.24, 2.45) is 0 Å². The van der Waals surface area contributed by atoms with E-state index < -0.39 is 0 Å². The van der Waals surface area contributed by atoms with Crippen LogP contribution in [0.3, 0.4) is 0 Å². The molecule has 0 unspecified atom stereocenters. The molecule has 5 nitrogen and oxygen atoms in total. The lowest BCUT2D eigenvalue weighted by Crippen LogP contribution is -2.33. The predicted octanol–water partition coefficient (Wildman–Crippen LogP) is 2.57. The van der Waals surface area contributed by atoms with E-state index in [1.807, 2.05) is 40.0 Å². The number of para-hydroxylation sites is 1. The zero-order valence-electron chi connectivity index (χ0n) is 13.4. The number of benzene rings is 1. The van der Waals surface area contributed by atoms with Gasteiger partial charge in [-0.05, 0) is 37.1 Å². The molecule has 0 spiro atoms. The Balaban J connectivity index is 1.57. The van der Waals surface area contributed by atoms with Gasteiger partial charge in [0, 0.05) is 30.9 Å². The molecule has 2 atom stereocenters. The molecule has 1 saturated heterocycles.